The van der Waals surface area contributed by atoms with Gasteiger partial charge in [-0.05, 0) is 38.1 Å². The number of aromatic nitrogens is 2. The van der Waals surface area contributed by atoms with Crippen LogP contribution in [0.15, 0.2) is 75.7 Å². The number of furan rings is 1. The molecule has 0 N–H and O–H groups in total. The lowest BCUT2D eigenvalue weighted by atomic mass is 10.1. The molecule has 1 aliphatic heterocycles. The van der Waals surface area contributed by atoms with Gasteiger partial charge in [-0.3, -0.25) is 9.69 Å². The number of hydrogen-bond donors (Lipinski definition) is 0. The van der Waals surface area contributed by atoms with E-state index in [4.69, 9.17) is 13.7 Å². The van der Waals surface area contributed by atoms with Crippen LogP contribution in [0.25, 0.3) is 11.4 Å². The van der Waals surface area contributed by atoms with E-state index in [0.29, 0.717) is 49.4 Å². The van der Waals surface area contributed by atoms with Crippen LogP contribution in [-0.2, 0) is 6.61 Å². The fourth-order valence-electron chi connectivity index (χ4n) is 4.09. The van der Waals surface area contributed by atoms with E-state index in [0.717, 1.165) is 11.3 Å². The van der Waals surface area contributed by atoms with E-state index in [1.165, 1.54) is 5.56 Å². The minimum atomic E-state index is -0.109. The lowest BCUT2D eigenvalue weighted by molar-refractivity contribution is 0.0521. The monoisotopic (exact) mass is 472 g/mol. The normalized spacial score (nSPS) is 15.2. The summed E-state index contributed by atoms with van der Waals surface area (Å²) in [6, 6.07) is 21.0. The Morgan fingerprint density at radius 3 is 2.49 bits per heavy atom. The van der Waals surface area contributed by atoms with E-state index in [9.17, 15) is 4.79 Å². The zero-order valence-corrected chi connectivity index (χ0v) is 19.9. The first-order chi connectivity index (χ1) is 17.1. The smallest absolute Gasteiger partial charge is 0.289 e. The highest BCUT2D eigenvalue weighted by Crippen LogP contribution is 2.24. The second kappa shape index (κ2) is 10.1. The molecule has 8 nitrogen and oxygen atoms in total. The molecule has 0 aliphatic carbocycles. The number of nitrogens with zero attached hydrogens (tertiary/aromatic N) is 4. The van der Waals surface area contributed by atoms with Crippen LogP contribution in [0.5, 0.6) is 5.75 Å². The Bertz CT molecular complexity index is 1260. The van der Waals surface area contributed by atoms with Crippen molar-refractivity contribution in [3.05, 3.63) is 89.7 Å². The Hall–Kier alpha value is -3.91. The average Bonchev–Trinajstić information content (AvgIpc) is 3.58. The molecule has 1 saturated heterocycles. The van der Waals surface area contributed by atoms with Gasteiger partial charge in [-0.2, -0.15) is 4.98 Å². The maximum atomic E-state index is 12.9. The maximum Gasteiger partial charge on any atom is 0.289 e. The molecule has 4 aromatic rings. The fourth-order valence-corrected chi connectivity index (χ4v) is 4.09. The van der Waals surface area contributed by atoms with Crippen molar-refractivity contribution in [2.45, 2.75) is 26.5 Å². The highest BCUT2D eigenvalue weighted by atomic mass is 16.5. The molecule has 1 fully saturated rings. The molecule has 3 heterocycles. The van der Waals surface area contributed by atoms with Crippen LogP contribution in [-0.4, -0.2) is 52.0 Å². The van der Waals surface area contributed by atoms with E-state index in [1.807, 2.05) is 66.4 Å². The summed E-state index contributed by atoms with van der Waals surface area (Å²) in [5, 5.41) is 4.15. The minimum Gasteiger partial charge on any atom is -0.486 e. The zero-order chi connectivity index (χ0) is 24.2. The highest BCUT2D eigenvalue weighted by Gasteiger charge is 2.29. The van der Waals surface area contributed by atoms with Crippen molar-refractivity contribution in [3.63, 3.8) is 0 Å². The fraction of sp³-hybridized carbons (Fsp3) is 0.296. The predicted octanol–water partition coefficient (Wildman–Crippen LogP) is 4.74. The van der Waals surface area contributed by atoms with Crippen LogP contribution in [0, 0.1) is 6.92 Å². The maximum absolute atomic E-state index is 12.9. The van der Waals surface area contributed by atoms with Gasteiger partial charge < -0.3 is 18.6 Å². The van der Waals surface area contributed by atoms with Gasteiger partial charge in [-0.25, -0.2) is 0 Å². The molecule has 1 amide bonds. The van der Waals surface area contributed by atoms with Crippen molar-refractivity contribution in [2.75, 3.05) is 26.2 Å². The molecule has 180 valence electrons. The third-order valence-corrected chi connectivity index (χ3v) is 6.25. The van der Waals surface area contributed by atoms with Crippen molar-refractivity contribution in [2.24, 2.45) is 0 Å². The van der Waals surface area contributed by atoms with E-state index in [2.05, 4.69) is 22.0 Å². The number of carbonyl (C=O) groups is 1. The second-order valence-electron chi connectivity index (χ2n) is 8.69. The third kappa shape index (κ3) is 5.27. The molecule has 0 bridgehead atoms. The van der Waals surface area contributed by atoms with Crippen LogP contribution < -0.4 is 4.74 Å². The molecule has 0 radical (unpaired) electrons. The summed E-state index contributed by atoms with van der Waals surface area (Å²) in [5.74, 6) is 2.76. The molecule has 35 heavy (non-hydrogen) atoms. The van der Waals surface area contributed by atoms with Crippen LogP contribution in [0.2, 0.25) is 0 Å². The van der Waals surface area contributed by atoms with E-state index in [1.54, 1.807) is 12.1 Å². The second-order valence-corrected chi connectivity index (χ2v) is 8.69. The van der Waals surface area contributed by atoms with Crippen molar-refractivity contribution in [1.82, 2.24) is 19.9 Å². The van der Waals surface area contributed by atoms with Gasteiger partial charge >= 0.3 is 0 Å². The Kier molecular flexibility index (Phi) is 6.63. The standard InChI is InChI=1S/C27H28N4O4/c1-19-8-10-21(11-9-19)25-28-26(35-29-25)20(2)30-14-16-31(17-15-30)27(32)24-13-12-23(34-24)18-33-22-6-4-3-5-7-22/h3-13,20H,14-18H2,1-2H3. The summed E-state index contributed by atoms with van der Waals surface area (Å²) in [6.45, 7) is 6.98. The molecule has 1 aliphatic rings. The molecular formula is C27H28N4O4. The van der Waals surface area contributed by atoms with Gasteiger partial charge in [-0.1, -0.05) is 53.2 Å². The molecule has 2 aromatic carbocycles. The summed E-state index contributed by atoms with van der Waals surface area (Å²) in [4.78, 5) is 21.6. The van der Waals surface area contributed by atoms with Gasteiger partial charge in [0.25, 0.3) is 5.91 Å². The molecule has 8 heteroatoms. The topological polar surface area (TPSA) is 84.8 Å². The number of rotatable bonds is 7. The Morgan fingerprint density at radius 1 is 1.00 bits per heavy atom. The molecule has 1 unspecified atom stereocenters. The Labute approximate surface area is 204 Å². The van der Waals surface area contributed by atoms with Crippen molar-refractivity contribution in [1.29, 1.82) is 0 Å². The quantitative estimate of drug-likeness (QED) is 0.384. The summed E-state index contributed by atoms with van der Waals surface area (Å²) >= 11 is 0. The summed E-state index contributed by atoms with van der Waals surface area (Å²) in [7, 11) is 0. The zero-order valence-electron chi connectivity index (χ0n) is 19.9. The predicted molar refractivity (Wildman–Crippen MR) is 130 cm³/mol. The van der Waals surface area contributed by atoms with Crippen molar-refractivity contribution >= 4 is 5.91 Å². The first kappa shape index (κ1) is 22.9. The lowest BCUT2D eigenvalue weighted by Gasteiger charge is -2.36. The van der Waals surface area contributed by atoms with Crippen LogP contribution >= 0.6 is 0 Å². The number of ether oxygens (including phenoxy) is 1. The largest absolute Gasteiger partial charge is 0.486 e. The number of benzene rings is 2. The lowest BCUT2D eigenvalue weighted by Crippen LogP contribution is -2.49. The van der Waals surface area contributed by atoms with Gasteiger partial charge in [-0.15, -0.1) is 0 Å². The van der Waals surface area contributed by atoms with Gasteiger partial charge in [0.05, 0.1) is 6.04 Å². The Morgan fingerprint density at radius 2 is 1.74 bits per heavy atom. The average molecular weight is 473 g/mol. The van der Waals surface area contributed by atoms with Crippen LogP contribution in [0.3, 0.4) is 0 Å². The SMILES string of the molecule is Cc1ccc(-c2noc(C(C)N3CCN(C(=O)c4ccc(COc5ccccc5)o4)CC3)n2)cc1. The number of hydrogen-bond acceptors (Lipinski definition) is 7. The molecule has 0 spiro atoms. The van der Waals surface area contributed by atoms with Crippen LogP contribution in [0.4, 0.5) is 0 Å². The number of piperazine rings is 1. The molecule has 5 rings (SSSR count). The van der Waals surface area contributed by atoms with Gasteiger partial charge in [0.15, 0.2) is 5.76 Å². The summed E-state index contributed by atoms with van der Waals surface area (Å²) < 4.78 is 17.0. The minimum absolute atomic E-state index is 0.0377. The third-order valence-electron chi connectivity index (χ3n) is 6.25. The van der Waals surface area contributed by atoms with Gasteiger partial charge in [0, 0.05) is 31.7 Å². The van der Waals surface area contributed by atoms with Crippen molar-refractivity contribution in [3.8, 4) is 17.1 Å². The highest BCUT2D eigenvalue weighted by molar-refractivity contribution is 5.91. The molecular weight excluding hydrogens is 444 g/mol. The summed E-state index contributed by atoms with van der Waals surface area (Å²) in [6.07, 6.45) is 0. The number of carbonyl (C=O) groups excluding carboxylic acids is 1. The van der Waals surface area contributed by atoms with Crippen LogP contribution in [0.1, 0.15) is 40.7 Å². The number of para-hydroxylation sites is 1. The first-order valence-corrected chi connectivity index (χ1v) is 11.8. The molecule has 2 aromatic heterocycles. The van der Waals surface area contributed by atoms with Gasteiger partial charge in [0.2, 0.25) is 11.7 Å². The Balaban J connectivity index is 1.14. The molecule has 0 saturated carbocycles. The first-order valence-electron chi connectivity index (χ1n) is 11.8. The van der Waals surface area contributed by atoms with E-state index in [-0.39, 0.29) is 18.6 Å². The van der Waals surface area contributed by atoms with E-state index >= 15 is 0 Å². The number of aryl methyl sites for hydroxylation is 1. The van der Waals surface area contributed by atoms with Gasteiger partial charge in [0.1, 0.15) is 18.1 Å². The summed E-state index contributed by atoms with van der Waals surface area (Å²) in [5.41, 5.74) is 2.12. The van der Waals surface area contributed by atoms with E-state index < -0.39 is 0 Å². The van der Waals surface area contributed by atoms with Crippen molar-refractivity contribution < 1.29 is 18.5 Å². The number of amides is 1. The molecule has 1 atom stereocenters.